The maximum Gasteiger partial charge on any atom is 0.0726 e. The third-order valence-corrected chi connectivity index (χ3v) is 12.3. The van der Waals surface area contributed by atoms with Gasteiger partial charge < -0.3 is 9.13 Å². The molecule has 1 aliphatic rings. The summed E-state index contributed by atoms with van der Waals surface area (Å²) in [6.45, 7) is 12.9. The number of allylic oxidation sites excluding steroid dienone is 7. The molecule has 0 saturated carbocycles. The Hall–Kier alpha value is -7.01. The lowest BCUT2D eigenvalue weighted by molar-refractivity contribution is 1.11. The molecule has 0 N–H and O–H groups in total. The maximum absolute atomic E-state index is 5.11. The van der Waals surface area contributed by atoms with E-state index in [1.807, 2.05) is 35.6 Å². The molecule has 0 bridgehead atoms. The number of hydrogen-bond acceptors (Lipinski definition) is 2. The number of benzene rings is 6. The minimum Gasteiger partial charge on any atom is -0.311 e. The van der Waals surface area contributed by atoms with E-state index in [4.69, 9.17) is 4.99 Å². The number of para-hydroxylation sites is 2. The van der Waals surface area contributed by atoms with Gasteiger partial charge in [0.05, 0.1) is 38.4 Å². The molecule has 3 aromatic heterocycles. The van der Waals surface area contributed by atoms with Crippen LogP contribution >= 0.6 is 11.3 Å². The highest BCUT2D eigenvalue weighted by atomic mass is 32.1. The van der Waals surface area contributed by atoms with Crippen molar-refractivity contribution in [1.29, 1.82) is 0 Å². The molecule has 4 heteroatoms. The van der Waals surface area contributed by atoms with Crippen LogP contribution in [0.5, 0.6) is 0 Å². The summed E-state index contributed by atoms with van der Waals surface area (Å²) < 4.78 is 7.33. The van der Waals surface area contributed by atoms with E-state index in [0.717, 1.165) is 45.1 Å². The van der Waals surface area contributed by atoms with Crippen LogP contribution in [0.2, 0.25) is 0 Å². The van der Waals surface area contributed by atoms with Gasteiger partial charge in [-0.1, -0.05) is 135 Å². The highest BCUT2D eigenvalue weighted by Crippen LogP contribution is 2.48. The first-order valence-corrected chi connectivity index (χ1v) is 20.1. The van der Waals surface area contributed by atoms with E-state index in [0.29, 0.717) is 0 Å². The maximum atomic E-state index is 5.11. The third-order valence-electron chi connectivity index (χ3n) is 11.2. The molecule has 10 rings (SSSR count). The highest BCUT2D eigenvalue weighted by Gasteiger charge is 2.24. The molecule has 57 heavy (non-hydrogen) atoms. The van der Waals surface area contributed by atoms with E-state index in [1.165, 1.54) is 64.1 Å². The minimum absolute atomic E-state index is 0.739. The van der Waals surface area contributed by atoms with Crippen LogP contribution in [0.3, 0.4) is 0 Å². The van der Waals surface area contributed by atoms with Crippen LogP contribution in [0.4, 0.5) is 0 Å². The topological polar surface area (TPSA) is 22.2 Å². The minimum atomic E-state index is 0.739. The van der Waals surface area contributed by atoms with Gasteiger partial charge in [-0.15, -0.1) is 11.3 Å². The van der Waals surface area contributed by atoms with E-state index in [2.05, 4.69) is 188 Å². The van der Waals surface area contributed by atoms with E-state index >= 15 is 0 Å². The molecule has 3 nitrogen and oxygen atoms in total. The SMILES string of the molecule is C=Cc1c(/C=C\C)c2cc(-c3cc4c5ccccc5n(/C(C)=C5\C=CC=CC5=NC(=C)c5ccccc5)c4c4sc5ccccc5c34)ccc2n1-c1ccccc1. The van der Waals surface area contributed by atoms with Gasteiger partial charge in [0.25, 0.3) is 0 Å². The fourth-order valence-electron chi connectivity index (χ4n) is 8.65. The van der Waals surface area contributed by atoms with E-state index in [1.54, 1.807) is 0 Å². The summed E-state index contributed by atoms with van der Waals surface area (Å²) in [5.74, 6) is 0. The summed E-state index contributed by atoms with van der Waals surface area (Å²) in [5, 5.41) is 6.18. The average Bonchev–Trinajstić information content (AvgIpc) is 3.92. The first-order valence-electron chi connectivity index (χ1n) is 19.3. The summed E-state index contributed by atoms with van der Waals surface area (Å²) in [5.41, 5.74) is 14.1. The highest BCUT2D eigenvalue weighted by molar-refractivity contribution is 7.26. The molecule has 9 aromatic rings. The fraction of sp³-hybridized carbons (Fsp3) is 0.0377. The largest absolute Gasteiger partial charge is 0.311 e. The van der Waals surface area contributed by atoms with Crippen molar-refractivity contribution in [3.8, 4) is 16.8 Å². The normalized spacial score (nSPS) is 14.7. The van der Waals surface area contributed by atoms with Crippen LogP contribution in [0.25, 0.3) is 93.2 Å². The second-order valence-corrected chi connectivity index (χ2v) is 15.5. The molecular formula is C53H39N3S. The monoisotopic (exact) mass is 749 g/mol. The quantitative estimate of drug-likeness (QED) is 0.155. The number of fused-ring (bicyclic) bond motifs is 8. The zero-order chi connectivity index (χ0) is 38.6. The predicted octanol–water partition coefficient (Wildman–Crippen LogP) is 14.9. The molecule has 0 amide bonds. The summed E-state index contributed by atoms with van der Waals surface area (Å²) in [6, 6.07) is 47.8. The molecule has 0 spiro atoms. The Bertz CT molecular complexity index is 3260. The van der Waals surface area contributed by atoms with Crippen LogP contribution in [0, 0.1) is 0 Å². The number of aromatic nitrogens is 2. The van der Waals surface area contributed by atoms with Crippen molar-refractivity contribution < 1.29 is 0 Å². The van der Waals surface area contributed by atoms with Crippen molar-refractivity contribution in [1.82, 2.24) is 9.13 Å². The Balaban J connectivity index is 1.27. The third kappa shape index (κ3) is 5.52. The lowest BCUT2D eigenvalue weighted by atomic mass is 9.95. The van der Waals surface area contributed by atoms with Crippen LogP contribution < -0.4 is 0 Å². The van der Waals surface area contributed by atoms with Crippen molar-refractivity contribution in [3.63, 3.8) is 0 Å². The summed E-state index contributed by atoms with van der Waals surface area (Å²) >= 11 is 1.88. The van der Waals surface area contributed by atoms with Crippen molar-refractivity contribution in [2.24, 2.45) is 4.99 Å². The molecule has 272 valence electrons. The molecule has 0 fully saturated rings. The zero-order valence-corrected chi connectivity index (χ0v) is 32.7. The molecule has 0 atom stereocenters. The van der Waals surface area contributed by atoms with Crippen molar-refractivity contribution in [2.45, 2.75) is 13.8 Å². The Morgan fingerprint density at radius 1 is 0.719 bits per heavy atom. The molecular weight excluding hydrogens is 711 g/mol. The zero-order valence-electron chi connectivity index (χ0n) is 31.9. The Labute approximate surface area is 336 Å². The van der Waals surface area contributed by atoms with Gasteiger partial charge in [-0.3, -0.25) is 0 Å². The molecule has 0 radical (unpaired) electrons. The lowest BCUT2D eigenvalue weighted by Gasteiger charge is -2.16. The molecule has 3 heterocycles. The van der Waals surface area contributed by atoms with Gasteiger partial charge in [-0.05, 0) is 85.2 Å². The summed E-state index contributed by atoms with van der Waals surface area (Å²) in [6.07, 6.45) is 14.8. The van der Waals surface area contributed by atoms with E-state index < -0.39 is 0 Å². The van der Waals surface area contributed by atoms with Crippen molar-refractivity contribution >= 4 is 93.5 Å². The van der Waals surface area contributed by atoms with Crippen molar-refractivity contribution in [3.05, 3.63) is 199 Å². The molecule has 1 aliphatic carbocycles. The second kappa shape index (κ2) is 13.9. The molecule has 0 saturated heterocycles. The Morgan fingerprint density at radius 2 is 1.44 bits per heavy atom. The van der Waals surface area contributed by atoms with E-state index in [9.17, 15) is 0 Å². The van der Waals surface area contributed by atoms with Crippen LogP contribution in [-0.4, -0.2) is 14.8 Å². The summed E-state index contributed by atoms with van der Waals surface area (Å²) in [4.78, 5) is 5.11. The predicted molar refractivity (Wildman–Crippen MR) is 249 cm³/mol. The fourth-order valence-corrected chi connectivity index (χ4v) is 9.91. The van der Waals surface area contributed by atoms with Gasteiger partial charge in [0.1, 0.15) is 0 Å². The van der Waals surface area contributed by atoms with Gasteiger partial charge in [-0.25, -0.2) is 4.99 Å². The van der Waals surface area contributed by atoms with Crippen LogP contribution in [0.1, 0.15) is 30.7 Å². The Morgan fingerprint density at radius 3 is 2.23 bits per heavy atom. The van der Waals surface area contributed by atoms with Crippen LogP contribution in [0.15, 0.2) is 188 Å². The van der Waals surface area contributed by atoms with Crippen LogP contribution in [-0.2, 0) is 0 Å². The van der Waals surface area contributed by atoms with Gasteiger partial charge in [-0.2, -0.15) is 0 Å². The first kappa shape index (κ1) is 34.5. The number of nitrogens with zero attached hydrogens (tertiary/aromatic N) is 3. The standard InChI is InChI=1S/C53H39N3S/c1-5-19-40-44-32-37(30-31-49(44)56(47(40)6-2)38-22-11-8-12-23-38)43-33-45-41-25-14-17-28-48(41)55(52(45)53-51(43)42-26-15-18-29-50(42)57-53)35(4)39-24-13-16-27-46(39)54-34(3)36-20-9-7-10-21-36/h5-33H,2-3H2,1,4H3/b19-5-,39-35+,54-46?. The smallest absolute Gasteiger partial charge is 0.0726 e. The van der Waals surface area contributed by atoms with Gasteiger partial charge in [0.2, 0.25) is 0 Å². The lowest BCUT2D eigenvalue weighted by Crippen LogP contribution is -2.07. The van der Waals surface area contributed by atoms with Gasteiger partial charge >= 0.3 is 0 Å². The number of aliphatic imine (C=N–C) groups is 1. The molecule has 6 aromatic carbocycles. The van der Waals surface area contributed by atoms with Crippen molar-refractivity contribution in [2.75, 3.05) is 0 Å². The summed E-state index contributed by atoms with van der Waals surface area (Å²) in [7, 11) is 0. The molecule has 0 unspecified atom stereocenters. The number of hydrogen-bond donors (Lipinski definition) is 0. The number of rotatable bonds is 7. The van der Waals surface area contributed by atoms with Gasteiger partial charge in [0, 0.05) is 54.2 Å². The van der Waals surface area contributed by atoms with E-state index in [-0.39, 0.29) is 0 Å². The van der Waals surface area contributed by atoms with Gasteiger partial charge in [0.15, 0.2) is 0 Å². The Kier molecular flexibility index (Phi) is 8.43. The number of thiophene rings is 1. The first-order chi connectivity index (χ1) is 28.1. The molecule has 0 aliphatic heterocycles. The second-order valence-electron chi connectivity index (χ2n) is 14.4. The average molecular weight is 750 g/mol.